The summed E-state index contributed by atoms with van der Waals surface area (Å²) in [5, 5.41) is 0. The van der Waals surface area contributed by atoms with Crippen molar-refractivity contribution in [1.82, 2.24) is 29.2 Å². The number of rotatable bonds is 6. The average Bonchev–Trinajstić information content (AvgIpc) is 3.51. The molecule has 7 rings (SSSR count). The number of carbonyl (C=O) groups excluding carboxylic acids is 2. The quantitative estimate of drug-likeness (QED) is 0.296. The summed E-state index contributed by atoms with van der Waals surface area (Å²) in [6, 6.07) is 13.8. The maximum atomic E-state index is 12.6. The highest BCUT2D eigenvalue weighted by Crippen LogP contribution is 2.33. The van der Waals surface area contributed by atoms with Crippen LogP contribution in [0.25, 0.3) is 16.9 Å². The normalized spacial score (nSPS) is 17.4. The van der Waals surface area contributed by atoms with E-state index in [1.165, 1.54) is 0 Å². The number of anilines is 2. The number of pyridine rings is 1. The second-order valence-electron chi connectivity index (χ2n) is 13.4. The van der Waals surface area contributed by atoms with E-state index in [1.807, 2.05) is 69.6 Å². The first-order valence-electron chi connectivity index (χ1n) is 16.6. The second kappa shape index (κ2) is 13.3. The standard InChI is InChI=1S/C35H42N8O5/c1-35(2,3)48-34(45)42-21-27(22-42)28-23-43-29(20-37-31(32(43)38-28)40-15-17-46-18-16-40)26-9-10-30(36-19-26)39-11-13-41(14-12-39)33(44)47-24-25-7-5-4-6-8-25/h4-10,19-20,23,27H,11-18,21-22,24H2,1-3H3. The first-order chi connectivity index (χ1) is 23.2. The Bertz CT molecular complexity index is 1740. The van der Waals surface area contributed by atoms with Crippen LogP contribution in [0.2, 0.25) is 0 Å². The highest BCUT2D eigenvalue weighted by molar-refractivity contribution is 5.73. The SMILES string of the molecule is CC(C)(C)OC(=O)N1CC(c2cn3c(-c4ccc(N5CCN(C(=O)OCc6ccccc6)CC5)nc4)cnc(N4CCOCC4)c3n2)C1. The number of benzene rings is 1. The van der Waals surface area contributed by atoms with E-state index in [2.05, 4.69) is 26.5 Å². The van der Waals surface area contributed by atoms with Crippen molar-refractivity contribution in [2.45, 2.75) is 38.9 Å². The number of morpholine rings is 1. The van der Waals surface area contributed by atoms with Crippen LogP contribution in [-0.4, -0.2) is 113 Å². The number of hydrogen-bond donors (Lipinski definition) is 0. The van der Waals surface area contributed by atoms with Gasteiger partial charge in [-0.1, -0.05) is 30.3 Å². The summed E-state index contributed by atoms with van der Waals surface area (Å²) in [4.78, 5) is 47.9. The lowest BCUT2D eigenvalue weighted by Crippen LogP contribution is -2.50. The molecular formula is C35H42N8O5. The summed E-state index contributed by atoms with van der Waals surface area (Å²) in [5.74, 6) is 1.78. The fraction of sp³-hybridized carbons (Fsp3) is 0.457. The van der Waals surface area contributed by atoms with Crippen molar-refractivity contribution in [3.05, 3.63) is 72.3 Å². The molecule has 13 nitrogen and oxygen atoms in total. The maximum Gasteiger partial charge on any atom is 0.410 e. The van der Waals surface area contributed by atoms with Crippen molar-refractivity contribution >= 4 is 29.5 Å². The molecule has 1 aromatic carbocycles. The molecule has 0 saturated carbocycles. The van der Waals surface area contributed by atoms with Crippen LogP contribution in [0.15, 0.2) is 61.1 Å². The highest BCUT2D eigenvalue weighted by atomic mass is 16.6. The molecule has 0 radical (unpaired) electrons. The summed E-state index contributed by atoms with van der Waals surface area (Å²) in [6.45, 7) is 12.2. The van der Waals surface area contributed by atoms with Crippen molar-refractivity contribution in [3.63, 3.8) is 0 Å². The van der Waals surface area contributed by atoms with Crippen LogP contribution >= 0.6 is 0 Å². The van der Waals surface area contributed by atoms with Crippen molar-refractivity contribution in [3.8, 4) is 11.3 Å². The van der Waals surface area contributed by atoms with Crippen LogP contribution in [0.3, 0.4) is 0 Å². The molecule has 0 unspecified atom stereocenters. The molecule has 0 atom stereocenters. The van der Waals surface area contributed by atoms with Gasteiger partial charge in [-0.05, 0) is 38.5 Å². The predicted octanol–water partition coefficient (Wildman–Crippen LogP) is 4.42. The zero-order chi connectivity index (χ0) is 33.3. The summed E-state index contributed by atoms with van der Waals surface area (Å²) < 4.78 is 18.8. The molecule has 6 heterocycles. The van der Waals surface area contributed by atoms with Crippen molar-refractivity contribution in [2.24, 2.45) is 0 Å². The Morgan fingerprint density at radius 3 is 2.29 bits per heavy atom. The van der Waals surface area contributed by atoms with E-state index in [4.69, 9.17) is 29.2 Å². The molecule has 3 aromatic heterocycles. The molecule has 3 fully saturated rings. The number of carbonyl (C=O) groups is 2. The van der Waals surface area contributed by atoms with Gasteiger partial charge in [0.15, 0.2) is 11.5 Å². The third-order valence-electron chi connectivity index (χ3n) is 8.87. The molecule has 0 N–H and O–H groups in total. The Balaban J connectivity index is 1.05. The van der Waals surface area contributed by atoms with Crippen LogP contribution in [0.5, 0.6) is 0 Å². The van der Waals surface area contributed by atoms with E-state index in [9.17, 15) is 9.59 Å². The number of fused-ring (bicyclic) bond motifs is 1. The lowest BCUT2D eigenvalue weighted by atomic mass is 9.98. The molecule has 48 heavy (non-hydrogen) atoms. The number of likely N-dealkylation sites (tertiary alicyclic amines) is 1. The Morgan fingerprint density at radius 2 is 1.60 bits per heavy atom. The number of piperazine rings is 1. The van der Waals surface area contributed by atoms with Gasteiger partial charge in [0, 0.05) is 76.2 Å². The summed E-state index contributed by atoms with van der Waals surface area (Å²) in [7, 11) is 0. The number of amides is 2. The van der Waals surface area contributed by atoms with E-state index < -0.39 is 5.60 Å². The minimum absolute atomic E-state index is 0.109. The fourth-order valence-electron chi connectivity index (χ4n) is 6.19. The van der Waals surface area contributed by atoms with Crippen molar-refractivity contribution < 1.29 is 23.8 Å². The van der Waals surface area contributed by atoms with E-state index in [1.54, 1.807) is 9.80 Å². The number of hydrogen-bond acceptors (Lipinski definition) is 10. The van der Waals surface area contributed by atoms with Crippen LogP contribution in [0, 0.1) is 0 Å². The van der Waals surface area contributed by atoms with Gasteiger partial charge in [0.1, 0.15) is 18.0 Å². The average molecular weight is 655 g/mol. The number of nitrogens with zero attached hydrogens (tertiary/aromatic N) is 8. The van der Waals surface area contributed by atoms with Gasteiger partial charge in [0.25, 0.3) is 0 Å². The molecular weight excluding hydrogens is 612 g/mol. The highest BCUT2D eigenvalue weighted by Gasteiger charge is 2.36. The van der Waals surface area contributed by atoms with E-state index in [0.29, 0.717) is 52.5 Å². The van der Waals surface area contributed by atoms with Gasteiger partial charge in [-0.3, -0.25) is 4.40 Å². The van der Waals surface area contributed by atoms with E-state index in [-0.39, 0.29) is 24.7 Å². The Labute approximate surface area is 280 Å². The minimum atomic E-state index is -0.534. The van der Waals surface area contributed by atoms with Crippen LogP contribution in [0.4, 0.5) is 21.2 Å². The van der Waals surface area contributed by atoms with Crippen LogP contribution < -0.4 is 9.80 Å². The lowest BCUT2D eigenvalue weighted by molar-refractivity contribution is 0.00790. The molecule has 0 spiro atoms. The van der Waals surface area contributed by atoms with Gasteiger partial charge >= 0.3 is 12.2 Å². The van der Waals surface area contributed by atoms with Crippen LogP contribution in [0.1, 0.15) is 37.9 Å². The lowest BCUT2D eigenvalue weighted by Gasteiger charge is -2.38. The van der Waals surface area contributed by atoms with Gasteiger partial charge in [0.2, 0.25) is 0 Å². The molecule has 3 aliphatic heterocycles. The largest absolute Gasteiger partial charge is 0.445 e. The Hall–Kier alpha value is -4.91. The molecule has 3 saturated heterocycles. The number of aromatic nitrogens is 4. The Kier molecular flexibility index (Phi) is 8.78. The van der Waals surface area contributed by atoms with Gasteiger partial charge in [-0.15, -0.1) is 0 Å². The smallest absolute Gasteiger partial charge is 0.410 e. The fourth-order valence-corrected chi connectivity index (χ4v) is 6.19. The number of imidazole rings is 1. The molecule has 2 amide bonds. The number of ether oxygens (including phenoxy) is 3. The predicted molar refractivity (Wildman–Crippen MR) is 180 cm³/mol. The third kappa shape index (κ3) is 6.86. The summed E-state index contributed by atoms with van der Waals surface area (Å²) in [5.41, 5.74) is 3.93. The molecule has 0 bridgehead atoms. The summed E-state index contributed by atoms with van der Waals surface area (Å²) in [6.07, 6.45) is 5.23. The topological polar surface area (TPSA) is 118 Å². The zero-order valence-corrected chi connectivity index (χ0v) is 27.7. The molecule has 0 aliphatic carbocycles. The van der Waals surface area contributed by atoms with Gasteiger partial charge in [0.05, 0.1) is 30.8 Å². The molecule has 252 valence electrons. The van der Waals surface area contributed by atoms with Crippen LogP contribution in [-0.2, 0) is 20.8 Å². The molecule has 4 aromatic rings. The van der Waals surface area contributed by atoms with E-state index >= 15 is 0 Å². The third-order valence-corrected chi connectivity index (χ3v) is 8.87. The van der Waals surface area contributed by atoms with Gasteiger partial charge < -0.3 is 33.8 Å². The van der Waals surface area contributed by atoms with Crippen molar-refractivity contribution in [2.75, 3.05) is 75.4 Å². The summed E-state index contributed by atoms with van der Waals surface area (Å²) >= 11 is 0. The first-order valence-corrected chi connectivity index (χ1v) is 16.6. The first kappa shape index (κ1) is 31.7. The monoisotopic (exact) mass is 654 g/mol. The second-order valence-corrected chi connectivity index (χ2v) is 13.4. The zero-order valence-electron chi connectivity index (χ0n) is 27.7. The molecule has 3 aliphatic rings. The van der Waals surface area contributed by atoms with Gasteiger partial charge in [-0.2, -0.15) is 0 Å². The van der Waals surface area contributed by atoms with Crippen molar-refractivity contribution in [1.29, 1.82) is 0 Å². The minimum Gasteiger partial charge on any atom is -0.445 e. The van der Waals surface area contributed by atoms with E-state index in [0.717, 1.165) is 52.9 Å². The Morgan fingerprint density at radius 1 is 0.854 bits per heavy atom. The maximum absolute atomic E-state index is 12.6. The van der Waals surface area contributed by atoms with Gasteiger partial charge in [-0.25, -0.2) is 24.5 Å². The molecule has 13 heteroatoms.